The number of carbonyl (C=O) groups is 1. The van der Waals surface area contributed by atoms with Crippen LogP contribution in [0.5, 0.6) is 0 Å². The summed E-state index contributed by atoms with van der Waals surface area (Å²) in [5, 5.41) is 8.75. The maximum atomic E-state index is 13.0. The molecule has 110 valence electrons. The molecule has 6 heteroatoms. The highest BCUT2D eigenvalue weighted by Crippen LogP contribution is 2.22. The van der Waals surface area contributed by atoms with Gasteiger partial charge in [0.2, 0.25) is 0 Å². The van der Waals surface area contributed by atoms with E-state index in [4.69, 9.17) is 0 Å². The van der Waals surface area contributed by atoms with Gasteiger partial charge in [-0.15, -0.1) is 0 Å². The molecule has 0 spiro atoms. The molecule has 0 radical (unpaired) electrons. The van der Waals surface area contributed by atoms with Gasteiger partial charge < -0.3 is 5.32 Å². The summed E-state index contributed by atoms with van der Waals surface area (Å²) >= 11 is 0. The van der Waals surface area contributed by atoms with E-state index in [1.165, 1.54) is 24.3 Å². The van der Waals surface area contributed by atoms with Gasteiger partial charge in [0.25, 0.3) is 11.5 Å². The van der Waals surface area contributed by atoms with Crippen molar-refractivity contribution >= 4 is 5.91 Å². The van der Waals surface area contributed by atoms with Gasteiger partial charge in [0, 0.05) is 6.07 Å². The third-order valence-electron chi connectivity index (χ3n) is 3.09. The second kappa shape index (κ2) is 6.30. The second-order valence-electron chi connectivity index (χ2n) is 5.05. The minimum atomic E-state index is -0.394. The number of hydrogen-bond donors (Lipinski definition) is 2. The van der Waals surface area contributed by atoms with E-state index in [2.05, 4.69) is 15.5 Å². The predicted octanol–water partition coefficient (Wildman–Crippen LogP) is 2.04. The smallest absolute Gasteiger partial charge is 0.272 e. The van der Waals surface area contributed by atoms with Gasteiger partial charge in [0.1, 0.15) is 11.5 Å². The zero-order valence-electron chi connectivity index (χ0n) is 11.8. The number of H-pyrrole nitrogens is 1. The summed E-state index contributed by atoms with van der Waals surface area (Å²) in [4.78, 5) is 23.1. The van der Waals surface area contributed by atoms with E-state index in [1.54, 1.807) is 12.1 Å². The summed E-state index contributed by atoms with van der Waals surface area (Å²) in [6, 6.07) is 8.32. The highest BCUT2D eigenvalue weighted by atomic mass is 19.1. The first kappa shape index (κ1) is 14.9. The third-order valence-corrected chi connectivity index (χ3v) is 3.09. The van der Waals surface area contributed by atoms with Crippen LogP contribution in [0.15, 0.2) is 41.2 Å². The van der Waals surface area contributed by atoms with Crippen molar-refractivity contribution in [1.82, 2.24) is 15.5 Å². The van der Waals surface area contributed by atoms with Gasteiger partial charge in [-0.05, 0) is 29.7 Å². The summed E-state index contributed by atoms with van der Waals surface area (Å²) in [6.07, 6.45) is 0. The molecule has 1 atom stereocenters. The lowest BCUT2D eigenvalue weighted by Gasteiger charge is -2.22. The van der Waals surface area contributed by atoms with Crippen LogP contribution < -0.4 is 10.9 Å². The van der Waals surface area contributed by atoms with Gasteiger partial charge in [-0.25, -0.2) is 9.49 Å². The normalized spacial score (nSPS) is 12.2. The number of nitrogens with zero attached hydrogens (tertiary/aromatic N) is 1. The van der Waals surface area contributed by atoms with Crippen molar-refractivity contribution in [1.29, 1.82) is 0 Å². The van der Waals surface area contributed by atoms with Crippen molar-refractivity contribution in [3.05, 3.63) is 63.8 Å². The standard InChI is InChI=1S/C15H16FN3O2/c1-9(2)14(10-3-5-11(16)6-4-10)17-15(21)12-7-8-13(20)19-18-12/h3-9,14H,1-2H3,(H,17,21)(H,19,20). The number of aromatic amines is 1. The number of rotatable bonds is 4. The molecule has 0 aliphatic heterocycles. The maximum Gasteiger partial charge on any atom is 0.272 e. The van der Waals surface area contributed by atoms with E-state index in [0.717, 1.165) is 5.56 Å². The fourth-order valence-electron chi connectivity index (χ4n) is 1.99. The van der Waals surface area contributed by atoms with Crippen LogP contribution in [-0.2, 0) is 0 Å². The molecule has 0 aliphatic rings. The van der Waals surface area contributed by atoms with Gasteiger partial charge in [-0.1, -0.05) is 26.0 Å². The molecule has 1 aromatic heterocycles. The molecule has 2 rings (SSSR count). The SMILES string of the molecule is CC(C)C(NC(=O)c1ccc(=O)[nH]n1)c1ccc(F)cc1. The van der Waals surface area contributed by atoms with E-state index in [1.807, 2.05) is 13.8 Å². The quantitative estimate of drug-likeness (QED) is 0.904. The van der Waals surface area contributed by atoms with Crippen molar-refractivity contribution in [2.45, 2.75) is 19.9 Å². The molecule has 0 saturated heterocycles. The van der Waals surface area contributed by atoms with Gasteiger partial charge in [-0.3, -0.25) is 9.59 Å². The van der Waals surface area contributed by atoms with Crippen molar-refractivity contribution in [3.63, 3.8) is 0 Å². The van der Waals surface area contributed by atoms with Gasteiger partial charge in [-0.2, -0.15) is 5.10 Å². The number of aromatic nitrogens is 2. The van der Waals surface area contributed by atoms with Crippen LogP contribution in [0.4, 0.5) is 4.39 Å². The Bertz CT molecular complexity index is 660. The first-order valence-corrected chi connectivity index (χ1v) is 6.59. The van der Waals surface area contributed by atoms with Gasteiger partial charge >= 0.3 is 0 Å². The molecule has 0 saturated carbocycles. The Morgan fingerprint density at radius 1 is 1.19 bits per heavy atom. The number of halogens is 1. The zero-order chi connectivity index (χ0) is 15.4. The number of carbonyl (C=O) groups excluding carboxylic acids is 1. The van der Waals surface area contributed by atoms with Crippen molar-refractivity contribution in [2.24, 2.45) is 5.92 Å². The summed E-state index contributed by atoms with van der Waals surface area (Å²) in [6.45, 7) is 3.91. The maximum absolute atomic E-state index is 13.0. The van der Waals surface area contributed by atoms with E-state index in [0.29, 0.717) is 0 Å². The molecule has 5 nitrogen and oxygen atoms in total. The molecule has 2 aromatic rings. The van der Waals surface area contributed by atoms with Crippen LogP contribution in [0.2, 0.25) is 0 Å². The van der Waals surface area contributed by atoms with Crippen LogP contribution >= 0.6 is 0 Å². The molecule has 1 unspecified atom stereocenters. The average molecular weight is 289 g/mol. The Morgan fingerprint density at radius 2 is 1.86 bits per heavy atom. The lowest BCUT2D eigenvalue weighted by atomic mass is 9.96. The number of amides is 1. The lowest BCUT2D eigenvalue weighted by molar-refractivity contribution is 0.0919. The molecule has 1 amide bonds. The Balaban J connectivity index is 2.20. The average Bonchev–Trinajstić information content (AvgIpc) is 2.46. The molecule has 0 fully saturated rings. The summed E-state index contributed by atoms with van der Waals surface area (Å²) in [5.74, 6) is -0.605. The molecule has 0 aliphatic carbocycles. The minimum absolute atomic E-state index is 0.113. The Kier molecular flexibility index (Phi) is 4.47. The van der Waals surface area contributed by atoms with Crippen molar-refractivity contribution in [2.75, 3.05) is 0 Å². The van der Waals surface area contributed by atoms with Gasteiger partial charge in [0.15, 0.2) is 0 Å². The monoisotopic (exact) mass is 289 g/mol. The van der Waals surface area contributed by atoms with E-state index < -0.39 is 5.91 Å². The Morgan fingerprint density at radius 3 is 2.38 bits per heavy atom. The minimum Gasteiger partial charge on any atom is -0.344 e. The summed E-state index contributed by atoms with van der Waals surface area (Å²) in [7, 11) is 0. The third kappa shape index (κ3) is 3.75. The number of nitrogens with one attached hydrogen (secondary N) is 2. The molecule has 2 N–H and O–H groups in total. The number of hydrogen-bond acceptors (Lipinski definition) is 3. The molecule has 21 heavy (non-hydrogen) atoms. The van der Waals surface area contributed by atoms with Gasteiger partial charge in [0.05, 0.1) is 6.04 Å². The topological polar surface area (TPSA) is 74.8 Å². The highest BCUT2D eigenvalue weighted by Gasteiger charge is 2.20. The molecule has 1 aromatic carbocycles. The Hall–Kier alpha value is -2.50. The molecular weight excluding hydrogens is 273 g/mol. The first-order valence-electron chi connectivity index (χ1n) is 6.59. The second-order valence-corrected chi connectivity index (χ2v) is 5.05. The van der Waals surface area contributed by atoms with E-state index in [9.17, 15) is 14.0 Å². The van der Waals surface area contributed by atoms with Crippen LogP contribution in [0.3, 0.4) is 0 Å². The summed E-state index contributed by atoms with van der Waals surface area (Å²) < 4.78 is 13.0. The number of benzene rings is 1. The van der Waals surface area contributed by atoms with Crippen LogP contribution in [0.25, 0.3) is 0 Å². The zero-order valence-corrected chi connectivity index (χ0v) is 11.8. The van der Waals surface area contributed by atoms with Crippen molar-refractivity contribution in [3.8, 4) is 0 Å². The lowest BCUT2D eigenvalue weighted by Crippen LogP contribution is -2.32. The Labute approximate surface area is 121 Å². The fraction of sp³-hybridized carbons (Fsp3) is 0.267. The molecule has 1 heterocycles. The fourth-order valence-corrected chi connectivity index (χ4v) is 1.99. The highest BCUT2D eigenvalue weighted by molar-refractivity contribution is 5.92. The molecule has 0 bridgehead atoms. The van der Waals surface area contributed by atoms with E-state index >= 15 is 0 Å². The van der Waals surface area contributed by atoms with E-state index in [-0.39, 0.29) is 29.0 Å². The van der Waals surface area contributed by atoms with Crippen LogP contribution in [-0.4, -0.2) is 16.1 Å². The largest absolute Gasteiger partial charge is 0.344 e. The van der Waals surface area contributed by atoms with Crippen molar-refractivity contribution < 1.29 is 9.18 Å². The predicted molar refractivity (Wildman–Crippen MR) is 76.3 cm³/mol. The van der Waals surface area contributed by atoms with Crippen LogP contribution in [0.1, 0.15) is 35.9 Å². The van der Waals surface area contributed by atoms with Crippen LogP contribution in [0, 0.1) is 11.7 Å². The first-order chi connectivity index (χ1) is 9.97. The summed E-state index contributed by atoms with van der Waals surface area (Å²) in [5.41, 5.74) is 0.567. The molecular formula is C15H16FN3O2.